The Morgan fingerprint density at radius 1 is 1.28 bits per heavy atom. The molecule has 1 saturated heterocycles. The Kier molecular flexibility index (Phi) is 6.09. The topological polar surface area (TPSA) is 18.5 Å². The van der Waals surface area contributed by atoms with Crippen LogP contribution in [0.3, 0.4) is 0 Å². The first kappa shape index (κ1) is 15.9. The summed E-state index contributed by atoms with van der Waals surface area (Å²) < 4.78 is 0. The Balaban J connectivity index is 2.55. The van der Waals surface area contributed by atoms with Crippen molar-refractivity contribution in [2.24, 2.45) is 0 Å². The van der Waals surface area contributed by atoms with Gasteiger partial charge < -0.3 is 10.2 Å². The zero-order valence-electron chi connectivity index (χ0n) is 13.3. The average molecular weight is 255 g/mol. The smallest absolute Gasteiger partial charge is 0.0223 e. The number of nitrogens with one attached hydrogen (secondary N) is 1. The molecule has 0 spiro atoms. The van der Waals surface area contributed by atoms with Crippen molar-refractivity contribution < 1.29 is 0 Å². The van der Waals surface area contributed by atoms with Crippen molar-refractivity contribution in [1.29, 1.82) is 0 Å². The van der Waals surface area contributed by atoms with Gasteiger partial charge in [0, 0.05) is 37.3 Å². The Morgan fingerprint density at radius 3 is 2.50 bits per heavy atom. The first-order valence-corrected chi connectivity index (χ1v) is 7.53. The highest BCUT2D eigenvalue weighted by Gasteiger charge is 2.26. The molecule has 108 valence electrons. The Bertz CT molecular complexity index is 234. The molecule has 0 aromatic carbocycles. The minimum atomic E-state index is 0.221. The standard InChI is InChI=1S/C15H33N3/c1-7-14-12-17(6)9-8-10-18(14)13(2)11-16-15(3,4)5/h13-14,16H,7-12H2,1-6H3. The molecule has 0 radical (unpaired) electrons. The van der Waals surface area contributed by atoms with E-state index in [4.69, 9.17) is 0 Å². The van der Waals surface area contributed by atoms with Gasteiger partial charge in [0.15, 0.2) is 0 Å². The predicted molar refractivity (Wildman–Crippen MR) is 80.1 cm³/mol. The van der Waals surface area contributed by atoms with Crippen LogP contribution in [0.4, 0.5) is 0 Å². The summed E-state index contributed by atoms with van der Waals surface area (Å²) in [6, 6.07) is 1.34. The van der Waals surface area contributed by atoms with Gasteiger partial charge in [0.2, 0.25) is 0 Å². The summed E-state index contributed by atoms with van der Waals surface area (Å²) in [5, 5.41) is 3.64. The van der Waals surface area contributed by atoms with E-state index in [1.165, 1.54) is 32.5 Å². The quantitative estimate of drug-likeness (QED) is 0.831. The van der Waals surface area contributed by atoms with Gasteiger partial charge in [0.25, 0.3) is 0 Å². The van der Waals surface area contributed by atoms with Gasteiger partial charge in [-0.15, -0.1) is 0 Å². The molecule has 0 saturated carbocycles. The fourth-order valence-corrected chi connectivity index (χ4v) is 2.78. The van der Waals surface area contributed by atoms with Crippen LogP contribution in [0, 0.1) is 0 Å². The van der Waals surface area contributed by atoms with Gasteiger partial charge in [-0.05, 0) is 54.1 Å². The summed E-state index contributed by atoms with van der Waals surface area (Å²) in [5.41, 5.74) is 0.221. The van der Waals surface area contributed by atoms with Crippen molar-refractivity contribution in [2.75, 3.05) is 33.2 Å². The van der Waals surface area contributed by atoms with Crippen LogP contribution >= 0.6 is 0 Å². The lowest BCUT2D eigenvalue weighted by atomic mass is 10.1. The highest BCUT2D eigenvalue weighted by atomic mass is 15.3. The first-order chi connectivity index (χ1) is 8.33. The van der Waals surface area contributed by atoms with Gasteiger partial charge in [-0.25, -0.2) is 0 Å². The Labute approximate surface area is 114 Å². The summed E-state index contributed by atoms with van der Waals surface area (Å²) in [5.74, 6) is 0. The van der Waals surface area contributed by atoms with Crippen LogP contribution in [-0.4, -0.2) is 60.6 Å². The van der Waals surface area contributed by atoms with E-state index < -0.39 is 0 Å². The molecule has 3 heteroatoms. The van der Waals surface area contributed by atoms with Crippen LogP contribution in [0.5, 0.6) is 0 Å². The molecule has 0 bridgehead atoms. The molecule has 0 aliphatic carbocycles. The van der Waals surface area contributed by atoms with Crippen molar-refractivity contribution in [2.45, 2.75) is 65.1 Å². The molecule has 1 aliphatic heterocycles. The molecule has 1 heterocycles. The van der Waals surface area contributed by atoms with Gasteiger partial charge in [-0.2, -0.15) is 0 Å². The number of nitrogens with zero attached hydrogens (tertiary/aromatic N) is 2. The lowest BCUT2D eigenvalue weighted by Gasteiger charge is -2.36. The van der Waals surface area contributed by atoms with E-state index >= 15 is 0 Å². The van der Waals surface area contributed by atoms with E-state index in [1.807, 2.05) is 0 Å². The second-order valence-electron chi connectivity index (χ2n) is 6.90. The summed E-state index contributed by atoms with van der Waals surface area (Å²) in [6.45, 7) is 16.2. The van der Waals surface area contributed by atoms with Gasteiger partial charge in [-0.3, -0.25) is 4.90 Å². The maximum atomic E-state index is 3.64. The van der Waals surface area contributed by atoms with Crippen LogP contribution in [0.2, 0.25) is 0 Å². The minimum absolute atomic E-state index is 0.221. The molecule has 3 nitrogen and oxygen atoms in total. The normalized spacial score (nSPS) is 26.0. The zero-order valence-corrected chi connectivity index (χ0v) is 13.3. The first-order valence-electron chi connectivity index (χ1n) is 7.53. The van der Waals surface area contributed by atoms with Crippen molar-refractivity contribution >= 4 is 0 Å². The van der Waals surface area contributed by atoms with Gasteiger partial charge in [0.1, 0.15) is 0 Å². The molecule has 2 atom stereocenters. The molecule has 1 N–H and O–H groups in total. The van der Waals surface area contributed by atoms with E-state index in [2.05, 4.69) is 56.8 Å². The van der Waals surface area contributed by atoms with E-state index in [9.17, 15) is 0 Å². The third-order valence-corrected chi connectivity index (χ3v) is 3.91. The van der Waals surface area contributed by atoms with Crippen molar-refractivity contribution in [3.8, 4) is 0 Å². The fourth-order valence-electron chi connectivity index (χ4n) is 2.78. The second-order valence-corrected chi connectivity index (χ2v) is 6.90. The van der Waals surface area contributed by atoms with Gasteiger partial charge in [-0.1, -0.05) is 6.92 Å². The van der Waals surface area contributed by atoms with Crippen molar-refractivity contribution in [3.63, 3.8) is 0 Å². The minimum Gasteiger partial charge on any atom is -0.311 e. The van der Waals surface area contributed by atoms with Crippen LogP contribution in [-0.2, 0) is 0 Å². The predicted octanol–water partition coefficient (Wildman–Crippen LogP) is 2.18. The molecule has 1 rings (SSSR count). The molecule has 0 aromatic rings. The molecule has 1 fully saturated rings. The Morgan fingerprint density at radius 2 is 1.94 bits per heavy atom. The number of rotatable bonds is 4. The van der Waals surface area contributed by atoms with Crippen LogP contribution < -0.4 is 5.32 Å². The van der Waals surface area contributed by atoms with Crippen LogP contribution in [0.25, 0.3) is 0 Å². The van der Waals surface area contributed by atoms with E-state index in [-0.39, 0.29) is 5.54 Å². The lowest BCUT2D eigenvalue weighted by Crippen LogP contribution is -2.51. The molecule has 0 aromatic heterocycles. The third-order valence-electron chi connectivity index (χ3n) is 3.91. The Hall–Kier alpha value is -0.120. The van der Waals surface area contributed by atoms with E-state index in [1.54, 1.807) is 0 Å². The second kappa shape index (κ2) is 6.88. The molecule has 18 heavy (non-hydrogen) atoms. The number of hydrogen-bond acceptors (Lipinski definition) is 3. The molecular formula is C15H33N3. The highest BCUT2D eigenvalue weighted by molar-refractivity contribution is 4.84. The molecule has 1 aliphatic rings. The summed E-state index contributed by atoms with van der Waals surface area (Å²) in [7, 11) is 2.25. The monoisotopic (exact) mass is 255 g/mol. The van der Waals surface area contributed by atoms with Crippen molar-refractivity contribution in [1.82, 2.24) is 15.1 Å². The van der Waals surface area contributed by atoms with E-state index in [0.29, 0.717) is 12.1 Å². The zero-order chi connectivity index (χ0) is 13.8. The van der Waals surface area contributed by atoms with E-state index in [0.717, 1.165) is 6.54 Å². The fraction of sp³-hybridized carbons (Fsp3) is 1.00. The lowest BCUT2D eigenvalue weighted by molar-refractivity contribution is 0.130. The molecule has 2 unspecified atom stereocenters. The van der Waals surface area contributed by atoms with Crippen molar-refractivity contribution in [3.05, 3.63) is 0 Å². The summed E-state index contributed by atoms with van der Waals surface area (Å²) in [4.78, 5) is 5.19. The maximum Gasteiger partial charge on any atom is 0.0223 e. The number of likely N-dealkylation sites (N-methyl/N-ethyl adjacent to an activating group) is 1. The van der Waals surface area contributed by atoms with Gasteiger partial charge >= 0.3 is 0 Å². The van der Waals surface area contributed by atoms with Crippen LogP contribution in [0.1, 0.15) is 47.5 Å². The summed E-state index contributed by atoms with van der Waals surface area (Å²) >= 11 is 0. The van der Waals surface area contributed by atoms with Crippen LogP contribution in [0.15, 0.2) is 0 Å². The highest BCUT2D eigenvalue weighted by Crippen LogP contribution is 2.15. The van der Waals surface area contributed by atoms with Gasteiger partial charge in [0.05, 0.1) is 0 Å². The summed E-state index contributed by atoms with van der Waals surface area (Å²) in [6.07, 6.45) is 2.55. The SMILES string of the molecule is CCC1CN(C)CCCN1C(C)CNC(C)(C)C. The largest absolute Gasteiger partial charge is 0.311 e. The maximum absolute atomic E-state index is 3.64. The number of hydrogen-bond donors (Lipinski definition) is 1. The molecule has 0 amide bonds. The molecular weight excluding hydrogens is 222 g/mol. The average Bonchev–Trinajstić information content (AvgIpc) is 2.46. The third kappa shape index (κ3) is 5.25.